The topological polar surface area (TPSA) is 41.1 Å². The van der Waals surface area contributed by atoms with Crippen molar-refractivity contribution in [2.45, 2.75) is 13.5 Å². The lowest BCUT2D eigenvalue weighted by atomic mass is 10.1. The van der Waals surface area contributed by atoms with Gasteiger partial charge in [0.1, 0.15) is 5.82 Å². The van der Waals surface area contributed by atoms with Crippen molar-refractivity contribution in [2.24, 2.45) is 0 Å². The molecule has 0 spiro atoms. The number of halogens is 1. The summed E-state index contributed by atoms with van der Waals surface area (Å²) in [5, 5.41) is 5.59. The normalized spacial score (nSPS) is 10.0. The maximum absolute atomic E-state index is 13.2. The van der Waals surface area contributed by atoms with Gasteiger partial charge in [-0.15, -0.1) is 6.58 Å². The van der Waals surface area contributed by atoms with Crippen LogP contribution < -0.4 is 10.6 Å². The van der Waals surface area contributed by atoms with Crippen molar-refractivity contribution in [3.05, 3.63) is 47.8 Å². The fourth-order valence-electron chi connectivity index (χ4n) is 1.30. The highest BCUT2D eigenvalue weighted by Crippen LogP contribution is 2.08. The van der Waals surface area contributed by atoms with E-state index < -0.39 is 0 Å². The first kappa shape index (κ1) is 13.4. The van der Waals surface area contributed by atoms with E-state index in [2.05, 4.69) is 17.2 Å². The number of benzene rings is 1. The molecule has 0 aromatic heterocycles. The molecule has 17 heavy (non-hydrogen) atoms. The molecule has 0 unspecified atom stereocenters. The molecule has 1 aromatic carbocycles. The molecule has 1 aromatic rings. The Labute approximate surface area is 101 Å². The van der Waals surface area contributed by atoms with Gasteiger partial charge in [-0.1, -0.05) is 18.2 Å². The Kier molecular flexibility index (Phi) is 5.36. The Morgan fingerprint density at radius 3 is 2.94 bits per heavy atom. The van der Waals surface area contributed by atoms with Gasteiger partial charge in [-0.2, -0.15) is 0 Å². The number of carbonyl (C=O) groups is 1. The molecule has 0 saturated carbocycles. The van der Waals surface area contributed by atoms with Gasteiger partial charge in [0.15, 0.2) is 0 Å². The first-order chi connectivity index (χ1) is 8.13. The predicted octanol–water partition coefficient (Wildman–Crippen LogP) is 1.53. The van der Waals surface area contributed by atoms with Gasteiger partial charge in [-0.05, 0) is 24.1 Å². The smallest absolute Gasteiger partial charge is 0.234 e. The molecule has 0 aliphatic carbocycles. The van der Waals surface area contributed by atoms with E-state index >= 15 is 0 Å². The molecule has 0 heterocycles. The third-order valence-electron chi connectivity index (χ3n) is 2.30. The van der Waals surface area contributed by atoms with Gasteiger partial charge in [-0.3, -0.25) is 4.79 Å². The first-order valence-corrected chi connectivity index (χ1v) is 5.47. The van der Waals surface area contributed by atoms with Crippen molar-refractivity contribution in [1.29, 1.82) is 0 Å². The number of aryl methyl sites for hydroxylation is 1. The Hall–Kier alpha value is -1.68. The van der Waals surface area contributed by atoms with Crippen LogP contribution in [0.1, 0.15) is 11.1 Å². The van der Waals surface area contributed by atoms with Crippen LogP contribution in [0.15, 0.2) is 30.9 Å². The fourth-order valence-corrected chi connectivity index (χ4v) is 1.30. The maximum atomic E-state index is 13.2. The van der Waals surface area contributed by atoms with Crippen LogP contribution in [0.5, 0.6) is 0 Å². The van der Waals surface area contributed by atoms with Crippen LogP contribution in [0.2, 0.25) is 0 Å². The number of hydrogen-bond acceptors (Lipinski definition) is 2. The molecule has 0 atom stereocenters. The molecular formula is C13H17FN2O. The van der Waals surface area contributed by atoms with Crippen LogP contribution in [0.3, 0.4) is 0 Å². The monoisotopic (exact) mass is 236 g/mol. The molecule has 0 aliphatic heterocycles. The van der Waals surface area contributed by atoms with Gasteiger partial charge in [0.25, 0.3) is 0 Å². The molecule has 0 bridgehead atoms. The summed E-state index contributed by atoms with van der Waals surface area (Å²) in [6, 6.07) is 4.94. The van der Waals surface area contributed by atoms with E-state index in [1.807, 2.05) is 0 Å². The van der Waals surface area contributed by atoms with E-state index in [0.29, 0.717) is 18.7 Å². The average molecular weight is 236 g/mol. The van der Waals surface area contributed by atoms with Gasteiger partial charge >= 0.3 is 0 Å². The van der Waals surface area contributed by atoms with Crippen molar-refractivity contribution >= 4 is 5.91 Å². The summed E-state index contributed by atoms with van der Waals surface area (Å²) < 4.78 is 13.2. The van der Waals surface area contributed by atoms with Crippen LogP contribution in [0.25, 0.3) is 0 Å². The highest BCUT2D eigenvalue weighted by atomic mass is 19.1. The van der Waals surface area contributed by atoms with Crippen LogP contribution in [0.4, 0.5) is 4.39 Å². The summed E-state index contributed by atoms with van der Waals surface area (Å²) in [4.78, 5) is 11.3. The van der Waals surface area contributed by atoms with Gasteiger partial charge < -0.3 is 10.6 Å². The molecule has 2 N–H and O–H groups in total. The zero-order valence-electron chi connectivity index (χ0n) is 9.92. The summed E-state index contributed by atoms with van der Waals surface area (Å²) in [6.07, 6.45) is 1.68. The average Bonchev–Trinajstić information content (AvgIpc) is 2.31. The maximum Gasteiger partial charge on any atom is 0.234 e. The van der Waals surface area contributed by atoms with Crippen LogP contribution in [-0.4, -0.2) is 19.0 Å². The lowest BCUT2D eigenvalue weighted by Crippen LogP contribution is -2.33. The first-order valence-electron chi connectivity index (χ1n) is 5.47. The van der Waals surface area contributed by atoms with Gasteiger partial charge in [-0.25, -0.2) is 4.39 Å². The van der Waals surface area contributed by atoms with Gasteiger partial charge in [0.05, 0.1) is 6.54 Å². The Bertz CT molecular complexity index is 404. The lowest BCUT2D eigenvalue weighted by Gasteiger charge is -2.06. The minimum atomic E-state index is -0.249. The minimum absolute atomic E-state index is 0.118. The molecular weight excluding hydrogens is 219 g/mol. The molecule has 1 rings (SSSR count). The summed E-state index contributed by atoms with van der Waals surface area (Å²) in [6.45, 7) is 6.40. The SMILES string of the molecule is C=CCNCC(=O)NCc1ccc(C)c(F)c1. The van der Waals surface area contributed by atoms with Gasteiger partial charge in [0, 0.05) is 13.1 Å². The molecule has 0 fully saturated rings. The van der Waals surface area contributed by atoms with E-state index in [0.717, 1.165) is 5.56 Å². The van der Waals surface area contributed by atoms with E-state index in [1.165, 1.54) is 6.07 Å². The largest absolute Gasteiger partial charge is 0.351 e. The molecule has 0 aliphatic rings. The summed E-state index contributed by atoms with van der Waals surface area (Å²) in [5.74, 6) is -0.366. The number of carbonyl (C=O) groups excluding carboxylic acids is 1. The minimum Gasteiger partial charge on any atom is -0.351 e. The van der Waals surface area contributed by atoms with E-state index in [9.17, 15) is 9.18 Å². The number of amides is 1. The summed E-state index contributed by atoms with van der Waals surface area (Å²) in [5.41, 5.74) is 1.36. The highest BCUT2D eigenvalue weighted by molar-refractivity contribution is 5.77. The Balaban J connectivity index is 2.36. The van der Waals surface area contributed by atoms with Crippen LogP contribution in [0, 0.1) is 12.7 Å². The van der Waals surface area contributed by atoms with E-state index in [1.54, 1.807) is 25.1 Å². The molecule has 4 heteroatoms. The number of nitrogens with one attached hydrogen (secondary N) is 2. The fraction of sp³-hybridized carbons (Fsp3) is 0.308. The second-order valence-corrected chi connectivity index (χ2v) is 3.78. The molecule has 3 nitrogen and oxygen atoms in total. The van der Waals surface area contributed by atoms with Crippen LogP contribution >= 0.6 is 0 Å². The quantitative estimate of drug-likeness (QED) is 0.581. The number of hydrogen-bond donors (Lipinski definition) is 2. The summed E-state index contributed by atoms with van der Waals surface area (Å²) >= 11 is 0. The van der Waals surface area contributed by atoms with Crippen molar-refractivity contribution in [2.75, 3.05) is 13.1 Å². The second-order valence-electron chi connectivity index (χ2n) is 3.78. The number of rotatable bonds is 6. The van der Waals surface area contributed by atoms with Crippen molar-refractivity contribution < 1.29 is 9.18 Å². The van der Waals surface area contributed by atoms with E-state index in [4.69, 9.17) is 0 Å². The summed E-state index contributed by atoms with van der Waals surface area (Å²) in [7, 11) is 0. The van der Waals surface area contributed by atoms with Crippen molar-refractivity contribution in [1.82, 2.24) is 10.6 Å². The molecule has 92 valence electrons. The Morgan fingerprint density at radius 2 is 2.29 bits per heavy atom. The highest BCUT2D eigenvalue weighted by Gasteiger charge is 2.02. The zero-order chi connectivity index (χ0) is 12.7. The van der Waals surface area contributed by atoms with Gasteiger partial charge in [0.2, 0.25) is 5.91 Å². The van der Waals surface area contributed by atoms with Crippen LogP contribution in [-0.2, 0) is 11.3 Å². The van der Waals surface area contributed by atoms with E-state index in [-0.39, 0.29) is 18.3 Å². The zero-order valence-corrected chi connectivity index (χ0v) is 9.92. The molecule has 0 radical (unpaired) electrons. The third-order valence-corrected chi connectivity index (χ3v) is 2.30. The lowest BCUT2D eigenvalue weighted by molar-refractivity contribution is -0.120. The standard InChI is InChI=1S/C13H17FN2O/c1-3-6-15-9-13(17)16-8-11-5-4-10(2)12(14)7-11/h3-5,7,15H,1,6,8-9H2,2H3,(H,16,17). The third kappa shape index (κ3) is 4.78. The second kappa shape index (κ2) is 6.81. The van der Waals surface area contributed by atoms with Crippen molar-refractivity contribution in [3.63, 3.8) is 0 Å². The predicted molar refractivity (Wildman–Crippen MR) is 66.1 cm³/mol. The molecule has 1 amide bonds. The van der Waals surface area contributed by atoms with Crippen molar-refractivity contribution in [3.8, 4) is 0 Å². The molecule has 0 saturated heterocycles. The Morgan fingerprint density at radius 1 is 1.53 bits per heavy atom.